The largest absolute Gasteiger partial charge is 0.379 e. The third-order valence-electron chi connectivity index (χ3n) is 4.76. The summed E-state index contributed by atoms with van der Waals surface area (Å²) in [5.41, 5.74) is 2.60. The Balaban J connectivity index is 1.93. The van der Waals surface area contributed by atoms with Gasteiger partial charge >= 0.3 is 0 Å². The molecule has 0 aromatic heterocycles. The second-order valence-corrected chi connectivity index (χ2v) is 7.28. The number of benzene rings is 1. The molecule has 1 aromatic rings. The number of ketones is 1. The second kappa shape index (κ2) is 5.86. The number of hydrogen-bond acceptors (Lipinski definition) is 2. The summed E-state index contributed by atoms with van der Waals surface area (Å²) in [5.74, 6) is 0.0801. The molecule has 1 aliphatic carbocycles. The summed E-state index contributed by atoms with van der Waals surface area (Å²) in [6.45, 7) is 4.22. The van der Waals surface area contributed by atoms with Crippen molar-refractivity contribution in [1.29, 1.82) is 0 Å². The van der Waals surface area contributed by atoms with Crippen molar-refractivity contribution in [2.45, 2.75) is 57.9 Å². The maximum Gasteiger partial charge on any atom is 0.160 e. The Hall–Kier alpha value is -1.64. The van der Waals surface area contributed by atoms with E-state index < -0.39 is 0 Å². The van der Waals surface area contributed by atoms with Gasteiger partial charge < -0.3 is 5.32 Å². The zero-order chi connectivity index (χ0) is 15.7. The number of rotatable bonds is 2. The average molecular weight is 301 g/mol. The van der Waals surface area contributed by atoms with Gasteiger partial charge in [-0.15, -0.1) is 0 Å². The smallest absolute Gasteiger partial charge is 0.160 e. The molecule has 0 radical (unpaired) electrons. The van der Waals surface area contributed by atoms with Crippen LogP contribution in [0.25, 0.3) is 5.70 Å². The maximum absolute atomic E-state index is 13.6. The van der Waals surface area contributed by atoms with Gasteiger partial charge in [0.25, 0.3) is 0 Å². The van der Waals surface area contributed by atoms with Crippen molar-refractivity contribution >= 4 is 11.5 Å². The molecule has 118 valence electrons. The molecule has 1 aromatic carbocycles. The molecule has 1 fully saturated rings. The van der Waals surface area contributed by atoms with Crippen molar-refractivity contribution in [3.05, 3.63) is 41.2 Å². The zero-order valence-electron chi connectivity index (χ0n) is 13.4. The van der Waals surface area contributed by atoms with Crippen LogP contribution in [0, 0.1) is 11.7 Å². The molecule has 0 atom stereocenters. The fraction of sp³-hybridized carbons (Fsp3) is 0.526. The Morgan fingerprint density at radius 2 is 2.00 bits per heavy atom. The predicted octanol–water partition coefficient (Wildman–Crippen LogP) is 4.24. The molecule has 1 N–H and O–H groups in total. The highest BCUT2D eigenvalue weighted by molar-refractivity contribution is 5.98. The van der Waals surface area contributed by atoms with Gasteiger partial charge in [0.2, 0.25) is 0 Å². The summed E-state index contributed by atoms with van der Waals surface area (Å²) < 4.78 is 13.6. The summed E-state index contributed by atoms with van der Waals surface area (Å²) in [6, 6.07) is 4.88. The number of nitrogens with one attached hydrogen (secondary N) is 1. The number of fused-ring (bicyclic) bond motifs is 1. The number of hydrogen-bond donors (Lipinski definition) is 1. The molecule has 22 heavy (non-hydrogen) atoms. The molecule has 1 heterocycles. The topological polar surface area (TPSA) is 29.1 Å². The van der Waals surface area contributed by atoms with Crippen LogP contribution in [-0.4, -0.2) is 11.3 Å². The van der Waals surface area contributed by atoms with E-state index in [1.54, 1.807) is 6.08 Å². The molecule has 2 aliphatic rings. The standard InChI is InChI=1S/C19H24FNO/c1-19(2)12-14-8-9-15(20)10-16(14)17(21-19)11-18(22)13-6-4-3-5-7-13/h8-11,13,21H,3-7,12H2,1-2H3/b17-11-. The number of carbonyl (C=O) groups is 1. The minimum Gasteiger partial charge on any atom is -0.379 e. The molecule has 2 nitrogen and oxygen atoms in total. The van der Waals surface area contributed by atoms with Crippen LogP contribution in [-0.2, 0) is 11.2 Å². The summed E-state index contributed by atoms with van der Waals surface area (Å²) in [5, 5.41) is 3.42. The fourth-order valence-corrected chi connectivity index (χ4v) is 3.67. The maximum atomic E-state index is 13.6. The highest BCUT2D eigenvalue weighted by Crippen LogP contribution is 2.31. The minimum absolute atomic E-state index is 0.122. The molecular formula is C19H24FNO. The van der Waals surface area contributed by atoms with Crippen molar-refractivity contribution in [3.63, 3.8) is 0 Å². The normalized spacial score (nSPS) is 23.0. The third kappa shape index (κ3) is 3.23. The molecule has 0 bridgehead atoms. The van der Waals surface area contributed by atoms with E-state index in [9.17, 15) is 9.18 Å². The van der Waals surface area contributed by atoms with Crippen LogP contribution in [0.15, 0.2) is 24.3 Å². The number of halogens is 1. The average Bonchev–Trinajstić information content (AvgIpc) is 2.48. The van der Waals surface area contributed by atoms with E-state index in [1.807, 2.05) is 6.07 Å². The van der Waals surface area contributed by atoms with E-state index in [1.165, 1.54) is 18.6 Å². The van der Waals surface area contributed by atoms with Gasteiger partial charge in [-0.1, -0.05) is 25.3 Å². The van der Waals surface area contributed by atoms with Crippen LogP contribution >= 0.6 is 0 Å². The molecule has 1 aliphatic heterocycles. The van der Waals surface area contributed by atoms with Crippen LogP contribution in [0.3, 0.4) is 0 Å². The summed E-state index contributed by atoms with van der Waals surface area (Å²) in [4.78, 5) is 12.6. The Labute approximate surface area is 131 Å². The summed E-state index contributed by atoms with van der Waals surface area (Å²) >= 11 is 0. The van der Waals surface area contributed by atoms with Gasteiger partial charge in [-0.2, -0.15) is 0 Å². The van der Waals surface area contributed by atoms with Crippen LogP contribution < -0.4 is 5.32 Å². The quantitative estimate of drug-likeness (QED) is 0.828. The third-order valence-corrected chi connectivity index (χ3v) is 4.76. The first-order valence-electron chi connectivity index (χ1n) is 8.27. The van der Waals surface area contributed by atoms with Crippen molar-refractivity contribution in [2.75, 3.05) is 0 Å². The summed E-state index contributed by atoms with van der Waals surface area (Å²) in [6.07, 6.45) is 8.05. The van der Waals surface area contributed by atoms with E-state index in [-0.39, 0.29) is 23.1 Å². The molecule has 1 saturated carbocycles. The molecule has 0 unspecified atom stereocenters. The van der Waals surface area contributed by atoms with Gasteiger partial charge in [0.1, 0.15) is 5.82 Å². The zero-order valence-corrected chi connectivity index (χ0v) is 13.4. The van der Waals surface area contributed by atoms with Gasteiger partial charge in [-0.3, -0.25) is 4.79 Å². The van der Waals surface area contributed by atoms with Crippen molar-refractivity contribution < 1.29 is 9.18 Å². The molecule has 0 saturated heterocycles. The highest BCUT2D eigenvalue weighted by atomic mass is 19.1. The molecule has 3 heteroatoms. The first kappa shape index (κ1) is 15.3. The number of allylic oxidation sites excluding steroid dienone is 1. The molecule has 3 rings (SSSR count). The fourth-order valence-electron chi connectivity index (χ4n) is 3.67. The second-order valence-electron chi connectivity index (χ2n) is 7.28. The minimum atomic E-state index is -0.253. The highest BCUT2D eigenvalue weighted by Gasteiger charge is 2.29. The number of carbonyl (C=O) groups excluding carboxylic acids is 1. The first-order valence-corrected chi connectivity index (χ1v) is 8.27. The van der Waals surface area contributed by atoms with Crippen LogP contribution in [0.5, 0.6) is 0 Å². The van der Waals surface area contributed by atoms with E-state index in [0.29, 0.717) is 0 Å². The van der Waals surface area contributed by atoms with E-state index in [2.05, 4.69) is 19.2 Å². The lowest BCUT2D eigenvalue weighted by molar-refractivity contribution is -0.119. The monoisotopic (exact) mass is 301 g/mol. The van der Waals surface area contributed by atoms with Crippen molar-refractivity contribution in [2.24, 2.45) is 5.92 Å². The van der Waals surface area contributed by atoms with Gasteiger partial charge in [-0.25, -0.2) is 4.39 Å². The Morgan fingerprint density at radius 1 is 1.27 bits per heavy atom. The van der Waals surface area contributed by atoms with Gasteiger partial charge in [-0.05, 0) is 50.8 Å². The first-order chi connectivity index (χ1) is 10.4. The van der Waals surface area contributed by atoms with Crippen LogP contribution in [0.2, 0.25) is 0 Å². The Kier molecular flexibility index (Phi) is 4.07. The molecular weight excluding hydrogens is 277 g/mol. The van der Waals surface area contributed by atoms with E-state index in [0.717, 1.165) is 48.9 Å². The Bertz CT molecular complexity index is 612. The van der Waals surface area contributed by atoms with Crippen molar-refractivity contribution in [1.82, 2.24) is 5.32 Å². The Morgan fingerprint density at radius 3 is 2.73 bits per heavy atom. The van der Waals surface area contributed by atoms with E-state index >= 15 is 0 Å². The molecule has 0 amide bonds. The van der Waals surface area contributed by atoms with Gasteiger partial charge in [0.05, 0.1) is 0 Å². The lowest BCUT2D eigenvalue weighted by atomic mass is 9.83. The lowest BCUT2D eigenvalue weighted by Gasteiger charge is -2.35. The molecule has 0 spiro atoms. The van der Waals surface area contributed by atoms with Crippen LogP contribution in [0.4, 0.5) is 4.39 Å². The SMILES string of the molecule is CC1(C)Cc2ccc(F)cc2/C(=C/C(=O)C2CCCCC2)N1. The lowest BCUT2D eigenvalue weighted by Crippen LogP contribution is -2.44. The summed E-state index contributed by atoms with van der Waals surface area (Å²) in [7, 11) is 0. The van der Waals surface area contributed by atoms with Crippen molar-refractivity contribution in [3.8, 4) is 0 Å². The van der Waals surface area contributed by atoms with Crippen LogP contribution in [0.1, 0.15) is 57.1 Å². The van der Waals surface area contributed by atoms with E-state index in [4.69, 9.17) is 0 Å². The van der Waals surface area contributed by atoms with Gasteiger partial charge in [0.15, 0.2) is 5.78 Å². The predicted molar refractivity (Wildman–Crippen MR) is 86.9 cm³/mol. The van der Waals surface area contributed by atoms with Gasteiger partial charge in [0, 0.05) is 28.8 Å².